The Bertz CT molecular complexity index is 649. The zero-order valence-corrected chi connectivity index (χ0v) is 14.5. The first-order valence-corrected chi connectivity index (χ1v) is 8.85. The molecule has 0 amide bonds. The summed E-state index contributed by atoms with van der Waals surface area (Å²) in [6.07, 6.45) is 3.29. The number of allylic oxidation sites excluding steroid dienone is 2. The van der Waals surface area contributed by atoms with Gasteiger partial charge in [0.05, 0.1) is 15.7 Å². The van der Waals surface area contributed by atoms with Crippen molar-refractivity contribution in [3.8, 4) is 0 Å². The van der Waals surface area contributed by atoms with Gasteiger partial charge in [0.15, 0.2) is 0 Å². The Hall–Kier alpha value is -1.01. The molecule has 0 unspecified atom stereocenters. The number of ketones is 2. The van der Waals surface area contributed by atoms with E-state index in [9.17, 15) is 9.59 Å². The van der Waals surface area contributed by atoms with Crippen LogP contribution in [0.3, 0.4) is 0 Å². The third-order valence-corrected chi connectivity index (χ3v) is 5.15. The molecule has 0 radical (unpaired) electrons. The molecule has 4 nitrogen and oxygen atoms in total. The van der Waals surface area contributed by atoms with E-state index in [2.05, 4.69) is 36.8 Å². The number of fused-ring (bicyclic) bond motifs is 1. The van der Waals surface area contributed by atoms with Gasteiger partial charge in [-0.3, -0.25) is 9.59 Å². The number of rotatable bonds is 2. The molecule has 3 rings (SSSR count). The highest BCUT2D eigenvalue weighted by Gasteiger charge is 2.35. The van der Waals surface area contributed by atoms with Crippen LogP contribution in [0, 0.1) is 0 Å². The van der Waals surface area contributed by atoms with E-state index in [4.69, 9.17) is 0 Å². The van der Waals surface area contributed by atoms with Crippen molar-refractivity contribution < 1.29 is 9.59 Å². The molecular formula is C15H14Br2N2O2. The summed E-state index contributed by atoms with van der Waals surface area (Å²) in [6, 6.07) is 3.49. The smallest absolute Gasteiger partial charge is 0.221 e. The molecule has 21 heavy (non-hydrogen) atoms. The topological polar surface area (TPSA) is 50.3 Å². The van der Waals surface area contributed by atoms with Gasteiger partial charge >= 0.3 is 0 Å². The Kier molecular flexibility index (Phi) is 4.26. The van der Waals surface area contributed by atoms with Crippen molar-refractivity contribution in [1.29, 1.82) is 0 Å². The largest absolute Gasteiger partial charge is 0.367 e. The van der Waals surface area contributed by atoms with Crippen molar-refractivity contribution in [2.75, 3.05) is 13.1 Å². The Morgan fingerprint density at radius 2 is 1.81 bits per heavy atom. The molecule has 0 aromatic carbocycles. The van der Waals surface area contributed by atoms with Crippen LogP contribution in [0.2, 0.25) is 0 Å². The highest BCUT2D eigenvalue weighted by molar-refractivity contribution is 9.12. The maximum Gasteiger partial charge on any atom is 0.221 e. The van der Waals surface area contributed by atoms with Crippen LogP contribution in [0.4, 0.5) is 0 Å². The van der Waals surface area contributed by atoms with E-state index >= 15 is 0 Å². The molecule has 110 valence electrons. The fraction of sp³-hybridized carbons (Fsp3) is 0.400. The van der Waals surface area contributed by atoms with Crippen LogP contribution in [-0.2, 0) is 5.33 Å². The average molecular weight is 414 g/mol. The fourth-order valence-corrected chi connectivity index (χ4v) is 3.70. The highest BCUT2D eigenvalue weighted by Crippen LogP contribution is 2.32. The van der Waals surface area contributed by atoms with E-state index in [1.54, 1.807) is 12.1 Å². The molecule has 2 heterocycles. The summed E-state index contributed by atoms with van der Waals surface area (Å²) in [5.74, 6) is -0.306. The summed E-state index contributed by atoms with van der Waals surface area (Å²) in [7, 11) is 0. The van der Waals surface area contributed by atoms with Gasteiger partial charge in [0.25, 0.3) is 0 Å². The van der Waals surface area contributed by atoms with Crippen LogP contribution in [0.1, 0.15) is 45.8 Å². The Labute approximate surface area is 139 Å². The number of aromatic nitrogens is 1. The number of hydrogen-bond donors (Lipinski definition) is 0. The fourth-order valence-electron chi connectivity index (χ4n) is 2.77. The summed E-state index contributed by atoms with van der Waals surface area (Å²) >= 11 is 6.65. The molecule has 1 fully saturated rings. The van der Waals surface area contributed by atoms with Crippen LogP contribution in [-0.4, -0.2) is 34.5 Å². The zero-order valence-electron chi connectivity index (χ0n) is 11.4. The number of carbonyl (C=O) groups excluding carboxylic acids is 2. The first-order chi connectivity index (χ1) is 10.1. The van der Waals surface area contributed by atoms with Crippen molar-refractivity contribution in [3.05, 3.63) is 39.3 Å². The molecule has 1 aliphatic heterocycles. The molecule has 2 aliphatic rings. The molecule has 0 N–H and O–H groups in total. The first-order valence-electron chi connectivity index (χ1n) is 6.93. The maximum absolute atomic E-state index is 12.7. The molecule has 0 saturated carbocycles. The van der Waals surface area contributed by atoms with Gasteiger partial charge in [-0.05, 0) is 47.3 Å². The third kappa shape index (κ3) is 2.59. The number of halogens is 2. The standard InChI is InChI=1S/C15H14Br2N2O2/c16-8-9-4-5-10-12(18-9)15(21)11(17)13(14(10)20)19-6-2-1-3-7-19/h4-5H,1-3,6-8H2. The maximum atomic E-state index is 12.7. The van der Waals surface area contributed by atoms with Crippen molar-refractivity contribution in [2.24, 2.45) is 0 Å². The van der Waals surface area contributed by atoms with Gasteiger partial charge in [0.1, 0.15) is 11.4 Å². The normalized spacial score (nSPS) is 19.0. The molecule has 1 aliphatic carbocycles. The third-order valence-electron chi connectivity index (χ3n) is 3.84. The molecule has 1 saturated heterocycles. The van der Waals surface area contributed by atoms with Gasteiger partial charge in [-0.2, -0.15) is 0 Å². The predicted molar refractivity (Wildman–Crippen MR) is 86.9 cm³/mol. The number of hydrogen-bond acceptors (Lipinski definition) is 4. The van der Waals surface area contributed by atoms with Crippen molar-refractivity contribution in [3.63, 3.8) is 0 Å². The number of likely N-dealkylation sites (tertiary alicyclic amines) is 1. The van der Waals surface area contributed by atoms with E-state index in [1.165, 1.54) is 6.42 Å². The lowest BCUT2D eigenvalue weighted by Crippen LogP contribution is -2.36. The predicted octanol–water partition coefficient (Wildman–Crippen LogP) is 3.45. The lowest BCUT2D eigenvalue weighted by molar-refractivity contribution is 0.0938. The van der Waals surface area contributed by atoms with Crippen molar-refractivity contribution >= 4 is 43.4 Å². The number of alkyl halides is 1. The lowest BCUT2D eigenvalue weighted by atomic mass is 9.95. The van der Waals surface area contributed by atoms with E-state index in [1.807, 2.05) is 4.90 Å². The van der Waals surface area contributed by atoms with Gasteiger partial charge < -0.3 is 4.90 Å². The minimum atomic E-state index is -0.201. The van der Waals surface area contributed by atoms with Crippen molar-refractivity contribution in [1.82, 2.24) is 9.88 Å². The molecule has 1 aromatic heterocycles. The number of nitrogens with zero attached hydrogens (tertiary/aromatic N) is 2. The second-order valence-electron chi connectivity index (χ2n) is 5.20. The summed E-state index contributed by atoms with van der Waals surface area (Å²) < 4.78 is 0.348. The molecule has 0 atom stereocenters. The number of Topliss-reactive ketones (excluding diaryl/α,β-unsaturated/α-hetero) is 2. The SMILES string of the molecule is O=C1C(N2CCCCC2)=C(Br)C(=O)c2nc(CBr)ccc21. The van der Waals surface area contributed by atoms with Crippen molar-refractivity contribution in [2.45, 2.75) is 24.6 Å². The minimum Gasteiger partial charge on any atom is -0.367 e. The van der Waals surface area contributed by atoms with Crippen LogP contribution >= 0.6 is 31.9 Å². The van der Waals surface area contributed by atoms with Gasteiger partial charge in [-0.15, -0.1) is 0 Å². The van der Waals surface area contributed by atoms with Crippen LogP contribution in [0.5, 0.6) is 0 Å². The zero-order chi connectivity index (χ0) is 15.0. The lowest BCUT2D eigenvalue weighted by Gasteiger charge is -2.32. The highest BCUT2D eigenvalue weighted by atomic mass is 79.9. The minimum absolute atomic E-state index is 0.105. The number of pyridine rings is 1. The molecule has 0 spiro atoms. The van der Waals surface area contributed by atoms with Gasteiger partial charge in [0, 0.05) is 18.4 Å². The molecular weight excluding hydrogens is 400 g/mol. The average Bonchev–Trinajstić information content (AvgIpc) is 2.53. The summed E-state index contributed by atoms with van der Waals surface area (Å²) in [5.41, 5.74) is 1.91. The Morgan fingerprint density at radius 1 is 1.10 bits per heavy atom. The Morgan fingerprint density at radius 3 is 2.48 bits per heavy atom. The van der Waals surface area contributed by atoms with E-state index < -0.39 is 0 Å². The van der Waals surface area contributed by atoms with Gasteiger partial charge in [0.2, 0.25) is 11.6 Å². The Balaban J connectivity index is 2.06. The number of carbonyl (C=O) groups is 2. The van der Waals surface area contributed by atoms with E-state index in [-0.39, 0.29) is 17.3 Å². The summed E-state index contributed by atoms with van der Waals surface area (Å²) in [6.45, 7) is 1.65. The summed E-state index contributed by atoms with van der Waals surface area (Å²) in [4.78, 5) is 31.6. The van der Waals surface area contributed by atoms with Crippen LogP contribution < -0.4 is 0 Å². The van der Waals surface area contributed by atoms with E-state index in [0.29, 0.717) is 21.1 Å². The van der Waals surface area contributed by atoms with Crippen LogP contribution in [0.15, 0.2) is 22.3 Å². The molecule has 0 bridgehead atoms. The second-order valence-corrected chi connectivity index (χ2v) is 6.55. The first kappa shape index (κ1) is 14.9. The van der Waals surface area contributed by atoms with Gasteiger partial charge in [-0.25, -0.2) is 4.98 Å². The monoisotopic (exact) mass is 412 g/mol. The molecule has 6 heteroatoms. The quantitative estimate of drug-likeness (QED) is 0.696. The van der Waals surface area contributed by atoms with Gasteiger partial charge in [-0.1, -0.05) is 15.9 Å². The molecule has 1 aromatic rings. The second kappa shape index (κ2) is 6.01. The van der Waals surface area contributed by atoms with E-state index in [0.717, 1.165) is 31.6 Å². The van der Waals surface area contributed by atoms with Crippen LogP contribution in [0.25, 0.3) is 0 Å². The number of piperidine rings is 1. The summed E-state index contributed by atoms with van der Waals surface area (Å²) in [5, 5.41) is 0.558.